The minimum absolute atomic E-state index is 0. The third kappa shape index (κ3) is 4.42. The maximum Gasteiger partial charge on any atom is 0.128 e. The molecule has 19 heavy (non-hydrogen) atoms. The SMILES string of the molecule is CC(N)C1CCN(Cc2c(F)cccc2Br)CC1.Cl. The number of hydrogen-bond acceptors (Lipinski definition) is 2. The van der Waals surface area contributed by atoms with Gasteiger partial charge in [-0.1, -0.05) is 22.0 Å². The Morgan fingerprint density at radius 1 is 1.42 bits per heavy atom. The van der Waals surface area contributed by atoms with Gasteiger partial charge in [0.1, 0.15) is 5.82 Å². The van der Waals surface area contributed by atoms with Crippen molar-refractivity contribution in [3.8, 4) is 0 Å². The van der Waals surface area contributed by atoms with Gasteiger partial charge in [-0.3, -0.25) is 4.90 Å². The molecule has 0 aliphatic carbocycles. The summed E-state index contributed by atoms with van der Waals surface area (Å²) in [4.78, 5) is 2.31. The van der Waals surface area contributed by atoms with Gasteiger partial charge >= 0.3 is 0 Å². The Kier molecular flexibility index (Phi) is 6.74. The number of piperidine rings is 1. The molecule has 1 unspecified atom stereocenters. The summed E-state index contributed by atoms with van der Waals surface area (Å²) < 4.78 is 14.6. The molecule has 1 saturated heterocycles. The first kappa shape index (κ1) is 16.9. The highest BCUT2D eigenvalue weighted by atomic mass is 79.9. The quantitative estimate of drug-likeness (QED) is 0.902. The Hall–Kier alpha value is -0.160. The number of nitrogens with zero attached hydrogens (tertiary/aromatic N) is 1. The molecule has 0 bridgehead atoms. The van der Waals surface area contributed by atoms with Gasteiger partial charge in [0.2, 0.25) is 0 Å². The van der Waals surface area contributed by atoms with Crippen molar-refractivity contribution in [2.45, 2.75) is 32.4 Å². The van der Waals surface area contributed by atoms with Crippen LogP contribution in [-0.2, 0) is 6.54 Å². The standard InChI is InChI=1S/C14H20BrFN2.ClH/c1-10(17)11-5-7-18(8-6-11)9-12-13(15)3-2-4-14(12)16;/h2-4,10-11H,5-9,17H2,1H3;1H. The van der Waals surface area contributed by atoms with Crippen molar-refractivity contribution in [1.29, 1.82) is 0 Å². The Balaban J connectivity index is 0.00000180. The van der Waals surface area contributed by atoms with Crippen molar-refractivity contribution in [1.82, 2.24) is 4.90 Å². The van der Waals surface area contributed by atoms with Gasteiger partial charge in [0.15, 0.2) is 0 Å². The first-order chi connectivity index (χ1) is 8.58. The summed E-state index contributed by atoms with van der Waals surface area (Å²) in [6.07, 6.45) is 2.23. The van der Waals surface area contributed by atoms with E-state index >= 15 is 0 Å². The van der Waals surface area contributed by atoms with Crippen molar-refractivity contribution < 1.29 is 4.39 Å². The molecule has 1 aliphatic rings. The maximum absolute atomic E-state index is 13.7. The molecule has 0 aromatic heterocycles. The minimum atomic E-state index is -0.126. The summed E-state index contributed by atoms with van der Waals surface area (Å²) in [5.41, 5.74) is 6.69. The monoisotopic (exact) mass is 350 g/mol. The number of nitrogens with two attached hydrogens (primary N) is 1. The molecule has 1 heterocycles. The van der Waals surface area contributed by atoms with E-state index in [9.17, 15) is 4.39 Å². The topological polar surface area (TPSA) is 29.3 Å². The highest BCUT2D eigenvalue weighted by Crippen LogP contribution is 2.25. The summed E-state index contributed by atoms with van der Waals surface area (Å²) in [6.45, 7) is 4.77. The average molecular weight is 352 g/mol. The van der Waals surface area contributed by atoms with Gasteiger partial charge in [0.05, 0.1) is 0 Å². The Bertz CT molecular complexity index is 386. The second kappa shape index (κ2) is 7.58. The van der Waals surface area contributed by atoms with Crippen LogP contribution < -0.4 is 5.73 Å². The van der Waals surface area contributed by atoms with Crippen LogP contribution in [0.4, 0.5) is 4.39 Å². The molecule has 1 fully saturated rings. The number of likely N-dealkylation sites (tertiary alicyclic amines) is 1. The lowest BCUT2D eigenvalue weighted by Gasteiger charge is -2.33. The van der Waals surface area contributed by atoms with Crippen LogP contribution in [0, 0.1) is 11.7 Å². The first-order valence-corrected chi connectivity index (χ1v) is 7.28. The average Bonchev–Trinajstić information content (AvgIpc) is 2.34. The molecule has 5 heteroatoms. The molecule has 108 valence electrons. The molecular formula is C14H21BrClFN2. The number of rotatable bonds is 3. The van der Waals surface area contributed by atoms with Crippen molar-refractivity contribution in [3.63, 3.8) is 0 Å². The first-order valence-electron chi connectivity index (χ1n) is 6.48. The van der Waals surface area contributed by atoms with Crippen LogP contribution >= 0.6 is 28.3 Å². The van der Waals surface area contributed by atoms with Gasteiger partial charge in [-0.05, 0) is 50.9 Å². The van der Waals surface area contributed by atoms with Crippen LogP contribution in [0.5, 0.6) is 0 Å². The van der Waals surface area contributed by atoms with Crippen LogP contribution in [0.25, 0.3) is 0 Å². The summed E-state index contributed by atoms with van der Waals surface area (Å²) in [5.74, 6) is 0.490. The molecule has 1 aliphatic heterocycles. The summed E-state index contributed by atoms with van der Waals surface area (Å²) in [7, 11) is 0. The number of halogens is 3. The molecule has 0 saturated carbocycles. The van der Waals surface area contributed by atoms with Crippen molar-refractivity contribution in [3.05, 3.63) is 34.1 Å². The van der Waals surface area contributed by atoms with E-state index in [1.807, 2.05) is 6.07 Å². The van der Waals surface area contributed by atoms with E-state index in [1.165, 1.54) is 6.07 Å². The molecular weight excluding hydrogens is 331 g/mol. The van der Waals surface area contributed by atoms with Crippen LogP contribution in [0.2, 0.25) is 0 Å². The van der Waals surface area contributed by atoms with E-state index in [-0.39, 0.29) is 24.3 Å². The largest absolute Gasteiger partial charge is 0.328 e. The zero-order chi connectivity index (χ0) is 13.1. The normalized spacial score (nSPS) is 18.9. The lowest BCUT2D eigenvalue weighted by Crippen LogP contribution is -2.39. The fourth-order valence-electron chi connectivity index (χ4n) is 2.54. The Labute approximate surface area is 129 Å². The van der Waals surface area contributed by atoms with Crippen molar-refractivity contribution in [2.75, 3.05) is 13.1 Å². The van der Waals surface area contributed by atoms with Gasteiger partial charge in [-0.25, -0.2) is 4.39 Å². The van der Waals surface area contributed by atoms with E-state index in [1.54, 1.807) is 6.07 Å². The molecule has 2 nitrogen and oxygen atoms in total. The van der Waals surface area contributed by atoms with Crippen LogP contribution in [0.15, 0.2) is 22.7 Å². The predicted molar refractivity (Wildman–Crippen MR) is 83.0 cm³/mol. The number of hydrogen-bond donors (Lipinski definition) is 1. The molecule has 2 rings (SSSR count). The van der Waals surface area contributed by atoms with Gasteiger partial charge in [-0.2, -0.15) is 0 Å². The van der Waals surface area contributed by atoms with E-state index in [2.05, 4.69) is 27.8 Å². The van der Waals surface area contributed by atoms with E-state index in [0.717, 1.165) is 36.0 Å². The Morgan fingerprint density at radius 3 is 2.58 bits per heavy atom. The summed E-state index contributed by atoms with van der Waals surface area (Å²) in [5, 5.41) is 0. The highest BCUT2D eigenvalue weighted by Gasteiger charge is 2.22. The zero-order valence-electron chi connectivity index (χ0n) is 11.1. The summed E-state index contributed by atoms with van der Waals surface area (Å²) >= 11 is 3.42. The predicted octanol–water partition coefficient (Wildman–Crippen LogP) is 3.57. The second-order valence-electron chi connectivity index (χ2n) is 5.17. The van der Waals surface area contributed by atoms with Gasteiger partial charge in [-0.15, -0.1) is 12.4 Å². The molecule has 1 aromatic rings. The highest BCUT2D eigenvalue weighted by molar-refractivity contribution is 9.10. The fourth-order valence-corrected chi connectivity index (χ4v) is 3.01. The third-order valence-electron chi connectivity index (χ3n) is 3.82. The molecule has 0 spiro atoms. The van der Waals surface area contributed by atoms with E-state index in [0.29, 0.717) is 12.5 Å². The second-order valence-corrected chi connectivity index (χ2v) is 6.03. The van der Waals surface area contributed by atoms with Crippen molar-refractivity contribution in [2.24, 2.45) is 11.7 Å². The summed E-state index contributed by atoms with van der Waals surface area (Å²) in [6, 6.07) is 5.42. The minimum Gasteiger partial charge on any atom is -0.328 e. The number of benzene rings is 1. The molecule has 1 aromatic carbocycles. The smallest absolute Gasteiger partial charge is 0.128 e. The third-order valence-corrected chi connectivity index (χ3v) is 4.56. The van der Waals surface area contributed by atoms with E-state index < -0.39 is 0 Å². The fraction of sp³-hybridized carbons (Fsp3) is 0.571. The van der Waals surface area contributed by atoms with Crippen LogP contribution in [0.1, 0.15) is 25.3 Å². The maximum atomic E-state index is 13.7. The molecule has 0 radical (unpaired) electrons. The van der Waals surface area contributed by atoms with E-state index in [4.69, 9.17) is 5.73 Å². The van der Waals surface area contributed by atoms with Gasteiger partial charge in [0, 0.05) is 22.6 Å². The van der Waals surface area contributed by atoms with Gasteiger partial charge in [0.25, 0.3) is 0 Å². The molecule has 0 amide bonds. The Morgan fingerprint density at radius 2 is 2.05 bits per heavy atom. The lowest BCUT2D eigenvalue weighted by molar-refractivity contribution is 0.164. The van der Waals surface area contributed by atoms with Crippen LogP contribution in [-0.4, -0.2) is 24.0 Å². The molecule has 1 atom stereocenters. The zero-order valence-corrected chi connectivity index (χ0v) is 13.5. The molecule has 2 N–H and O–H groups in total. The lowest BCUT2D eigenvalue weighted by atomic mass is 9.91. The van der Waals surface area contributed by atoms with Crippen LogP contribution in [0.3, 0.4) is 0 Å². The van der Waals surface area contributed by atoms with Gasteiger partial charge < -0.3 is 5.73 Å². The van der Waals surface area contributed by atoms with Crippen molar-refractivity contribution >= 4 is 28.3 Å².